The summed E-state index contributed by atoms with van der Waals surface area (Å²) >= 11 is 0. The summed E-state index contributed by atoms with van der Waals surface area (Å²) in [5, 5.41) is 20.0. The molecule has 2 amide bonds. The molecule has 1 aliphatic heterocycles. The van der Waals surface area contributed by atoms with Gasteiger partial charge in [0.15, 0.2) is 0 Å². The summed E-state index contributed by atoms with van der Waals surface area (Å²) in [6.07, 6.45) is 8.15. The second-order valence-corrected chi connectivity index (χ2v) is 12.5. The molecule has 0 unspecified atom stereocenters. The van der Waals surface area contributed by atoms with Crippen LogP contribution in [0.4, 0.5) is 10.6 Å². The lowest BCUT2D eigenvalue weighted by Crippen LogP contribution is -2.67. The zero-order valence-electron chi connectivity index (χ0n) is 25.0. The first-order chi connectivity index (χ1) is 19.9. The molecule has 2 aliphatic rings. The smallest absolute Gasteiger partial charge is 0.408 e. The van der Waals surface area contributed by atoms with Gasteiger partial charge in [-0.1, -0.05) is 0 Å². The fourth-order valence-electron chi connectivity index (χ4n) is 5.56. The number of ether oxygens (including phenoxy) is 2. The zero-order chi connectivity index (χ0) is 30.1. The van der Waals surface area contributed by atoms with Crippen molar-refractivity contribution in [2.45, 2.75) is 83.4 Å². The molecule has 5 rings (SSSR count). The predicted molar refractivity (Wildman–Crippen MR) is 158 cm³/mol. The molecular weight excluding hydrogens is 534 g/mol. The Hall–Kier alpha value is -4.33. The van der Waals surface area contributed by atoms with Crippen molar-refractivity contribution in [2.24, 2.45) is 0 Å². The standard InChI is InChI=1S/C31H39N7O4/c1-6-41-23-16-24(26-22(17-32)19-34-38(26)20-23)21-8-9-25(33-18-21)37-14-12-30(5,13-15-37)35-27(39)31(10-7-11-31)36-28(40)42-29(2,3)4/h8-9,16,18-20H,6-7,10-15H2,1-5H3,(H,35,39)(H,36,40). The van der Waals surface area contributed by atoms with E-state index in [1.54, 1.807) is 37.7 Å². The Bertz CT molecular complexity index is 1500. The highest BCUT2D eigenvalue weighted by Gasteiger charge is 2.48. The van der Waals surface area contributed by atoms with Gasteiger partial charge in [-0.05, 0) is 84.9 Å². The van der Waals surface area contributed by atoms with Gasteiger partial charge in [-0.25, -0.2) is 14.3 Å². The average molecular weight is 574 g/mol. The van der Waals surface area contributed by atoms with Crippen molar-refractivity contribution in [2.75, 3.05) is 24.6 Å². The summed E-state index contributed by atoms with van der Waals surface area (Å²) in [5.41, 5.74) is 0.950. The van der Waals surface area contributed by atoms with E-state index in [0.29, 0.717) is 36.3 Å². The van der Waals surface area contributed by atoms with Crippen LogP contribution in [0.3, 0.4) is 0 Å². The van der Waals surface area contributed by atoms with E-state index in [9.17, 15) is 14.9 Å². The topological polar surface area (TPSA) is 134 Å². The fraction of sp³-hybridized carbons (Fsp3) is 0.516. The molecule has 2 fully saturated rings. The molecular formula is C31H39N7O4. The molecule has 42 heavy (non-hydrogen) atoms. The largest absolute Gasteiger partial charge is 0.492 e. The number of hydrogen-bond acceptors (Lipinski definition) is 8. The highest BCUT2D eigenvalue weighted by atomic mass is 16.6. The number of alkyl carbamates (subject to hydrolysis) is 1. The number of nitrogens with zero attached hydrogens (tertiary/aromatic N) is 5. The normalized spacial score (nSPS) is 17.6. The molecule has 0 atom stereocenters. The van der Waals surface area contributed by atoms with Crippen LogP contribution in [0.2, 0.25) is 0 Å². The maximum absolute atomic E-state index is 13.4. The van der Waals surface area contributed by atoms with Gasteiger partial charge >= 0.3 is 6.09 Å². The van der Waals surface area contributed by atoms with Crippen LogP contribution in [0.5, 0.6) is 5.75 Å². The van der Waals surface area contributed by atoms with Gasteiger partial charge in [0.25, 0.3) is 0 Å². The number of carbonyl (C=O) groups excluding carboxylic acids is 2. The van der Waals surface area contributed by atoms with Crippen LogP contribution in [0, 0.1) is 11.3 Å². The minimum Gasteiger partial charge on any atom is -0.492 e. The minimum absolute atomic E-state index is 0.143. The summed E-state index contributed by atoms with van der Waals surface area (Å²) in [6, 6.07) is 8.12. The number of nitrogens with one attached hydrogen (secondary N) is 2. The lowest BCUT2D eigenvalue weighted by atomic mass is 9.75. The van der Waals surface area contributed by atoms with Gasteiger partial charge in [0.05, 0.1) is 30.1 Å². The van der Waals surface area contributed by atoms with E-state index in [1.807, 2.05) is 31.3 Å². The first-order valence-electron chi connectivity index (χ1n) is 14.5. The first-order valence-corrected chi connectivity index (χ1v) is 14.5. The number of amides is 2. The van der Waals surface area contributed by atoms with Crippen LogP contribution in [0.1, 0.15) is 72.3 Å². The molecule has 0 radical (unpaired) electrons. The number of aromatic nitrogens is 3. The van der Waals surface area contributed by atoms with E-state index in [-0.39, 0.29) is 5.91 Å². The quantitative estimate of drug-likeness (QED) is 0.419. The summed E-state index contributed by atoms with van der Waals surface area (Å²) in [7, 11) is 0. The van der Waals surface area contributed by atoms with Gasteiger partial charge in [-0.2, -0.15) is 10.4 Å². The van der Waals surface area contributed by atoms with Crippen LogP contribution in [-0.2, 0) is 9.53 Å². The summed E-state index contributed by atoms with van der Waals surface area (Å²) < 4.78 is 12.8. The number of carbonyl (C=O) groups is 2. The molecule has 11 nitrogen and oxygen atoms in total. The van der Waals surface area contributed by atoms with Crippen LogP contribution < -0.4 is 20.3 Å². The van der Waals surface area contributed by atoms with E-state index in [4.69, 9.17) is 14.5 Å². The number of fused-ring (bicyclic) bond motifs is 1. The van der Waals surface area contributed by atoms with E-state index in [2.05, 4.69) is 33.6 Å². The van der Waals surface area contributed by atoms with Gasteiger partial charge in [-0.3, -0.25) is 4.79 Å². The Labute approximate surface area is 246 Å². The summed E-state index contributed by atoms with van der Waals surface area (Å²) in [4.78, 5) is 32.8. The van der Waals surface area contributed by atoms with Crippen molar-refractivity contribution in [3.05, 3.63) is 42.4 Å². The van der Waals surface area contributed by atoms with Gasteiger partial charge < -0.3 is 25.0 Å². The Kier molecular flexibility index (Phi) is 7.75. The van der Waals surface area contributed by atoms with Crippen molar-refractivity contribution in [1.82, 2.24) is 25.2 Å². The van der Waals surface area contributed by atoms with Gasteiger partial charge in [0.1, 0.15) is 28.8 Å². The van der Waals surface area contributed by atoms with Gasteiger partial charge in [0.2, 0.25) is 5.91 Å². The number of pyridine rings is 2. The molecule has 1 saturated carbocycles. The molecule has 2 N–H and O–H groups in total. The minimum atomic E-state index is -0.911. The summed E-state index contributed by atoms with van der Waals surface area (Å²) in [5.74, 6) is 1.37. The number of nitriles is 1. The van der Waals surface area contributed by atoms with Gasteiger partial charge in [-0.15, -0.1) is 0 Å². The Morgan fingerprint density at radius 2 is 1.86 bits per heavy atom. The van der Waals surface area contributed by atoms with Gasteiger partial charge in [0, 0.05) is 36.0 Å². The monoisotopic (exact) mass is 573 g/mol. The van der Waals surface area contributed by atoms with E-state index in [1.165, 1.54) is 0 Å². The molecule has 1 aliphatic carbocycles. The third kappa shape index (κ3) is 5.98. The third-order valence-corrected chi connectivity index (χ3v) is 8.07. The first kappa shape index (κ1) is 29.2. The predicted octanol–water partition coefficient (Wildman–Crippen LogP) is 4.59. The van der Waals surface area contributed by atoms with Crippen molar-refractivity contribution >= 4 is 23.3 Å². The molecule has 3 aromatic rings. The van der Waals surface area contributed by atoms with Crippen LogP contribution >= 0.6 is 0 Å². The lowest BCUT2D eigenvalue weighted by molar-refractivity contribution is -0.133. The zero-order valence-corrected chi connectivity index (χ0v) is 25.0. The van der Waals surface area contributed by atoms with E-state index < -0.39 is 22.8 Å². The third-order valence-electron chi connectivity index (χ3n) is 8.07. The van der Waals surface area contributed by atoms with E-state index >= 15 is 0 Å². The molecule has 0 bridgehead atoms. The lowest BCUT2D eigenvalue weighted by Gasteiger charge is -2.46. The van der Waals surface area contributed by atoms with Crippen LogP contribution in [0.25, 0.3) is 16.6 Å². The Morgan fingerprint density at radius 1 is 1.12 bits per heavy atom. The highest BCUT2D eigenvalue weighted by Crippen LogP contribution is 2.35. The SMILES string of the molecule is CCOc1cc(-c2ccc(N3CCC(C)(NC(=O)C4(NC(=O)OC(C)(C)C)CCC4)CC3)nc2)c2c(C#N)cnn2c1. The maximum Gasteiger partial charge on any atom is 0.408 e. The van der Waals surface area contributed by atoms with Crippen molar-refractivity contribution < 1.29 is 19.1 Å². The molecule has 222 valence electrons. The number of hydrogen-bond donors (Lipinski definition) is 2. The summed E-state index contributed by atoms with van der Waals surface area (Å²) in [6.45, 7) is 11.4. The fourth-order valence-corrected chi connectivity index (χ4v) is 5.56. The molecule has 4 heterocycles. The second kappa shape index (κ2) is 11.2. The Morgan fingerprint density at radius 3 is 2.43 bits per heavy atom. The van der Waals surface area contributed by atoms with E-state index in [0.717, 1.165) is 49.3 Å². The molecule has 0 aromatic carbocycles. The number of piperidine rings is 1. The van der Waals surface area contributed by atoms with Crippen LogP contribution in [-0.4, -0.2) is 63.0 Å². The average Bonchev–Trinajstić information content (AvgIpc) is 3.33. The molecule has 0 spiro atoms. The second-order valence-electron chi connectivity index (χ2n) is 12.5. The van der Waals surface area contributed by atoms with Crippen molar-refractivity contribution in [3.8, 4) is 22.9 Å². The highest BCUT2D eigenvalue weighted by molar-refractivity contribution is 5.91. The maximum atomic E-state index is 13.4. The molecule has 1 saturated heterocycles. The number of rotatable bonds is 7. The Balaban J connectivity index is 1.25. The molecule has 3 aromatic heterocycles. The van der Waals surface area contributed by atoms with Crippen molar-refractivity contribution in [1.29, 1.82) is 5.26 Å². The number of anilines is 1. The van der Waals surface area contributed by atoms with Crippen LogP contribution in [0.15, 0.2) is 36.8 Å². The van der Waals surface area contributed by atoms with Crippen molar-refractivity contribution in [3.63, 3.8) is 0 Å². The molecule has 11 heteroatoms.